The molecule has 5 heteroatoms. The van der Waals surface area contributed by atoms with Gasteiger partial charge >= 0.3 is 5.69 Å². The Morgan fingerprint density at radius 2 is 2.11 bits per heavy atom. The molecule has 3 rings (SSSR count). The van der Waals surface area contributed by atoms with Crippen molar-refractivity contribution in [2.24, 2.45) is 0 Å². The number of hydrogen-bond acceptors (Lipinski definition) is 3. The molecule has 2 aromatic rings. The number of fused-ring (bicyclic) bond motifs is 1. The lowest BCUT2D eigenvalue weighted by Gasteiger charge is -2.36. The fraction of sp³-hybridized carbons (Fsp3) is 0.462. The van der Waals surface area contributed by atoms with Gasteiger partial charge in [-0.15, -0.1) is 0 Å². The van der Waals surface area contributed by atoms with E-state index in [4.69, 9.17) is 4.74 Å². The topological polar surface area (TPSA) is 69.9 Å². The van der Waals surface area contributed by atoms with Crippen molar-refractivity contribution in [3.05, 3.63) is 28.7 Å². The molecule has 0 radical (unpaired) electrons. The summed E-state index contributed by atoms with van der Waals surface area (Å²) in [6.45, 7) is 2.81. The molecule has 1 aromatic carbocycles. The van der Waals surface area contributed by atoms with Crippen LogP contribution < -0.4 is 11.0 Å². The Balaban J connectivity index is 1.67. The molecule has 0 unspecified atom stereocenters. The fourth-order valence-electron chi connectivity index (χ4n) is 2.41. The highest BCUT2D eigenvalue weighted by atomic mass is 16.5. The van der Waals surface area contributed by atoms with Gasteiger partial charge in [0, 0.05) is 18.3 Å². The number of rotatable bonds is 4. The van der Waals surface area contributed by atoms with Crippen LogP contribution in [0.3, 0.4) is 0 Å². The fourth-order valence-corrected chi connectivity index (χ4v) is 2.41. The van der Waals surface area contributed by atoms with Crippen LogP contribution in [0.1, 0.15) is 19.8 Å². The van der Waals surface area contributed by atoms with Crippen LogP contribution in [-0.2, 0) is 4.74 Å². The van der Waals surface area contributed by atoms with Gasteiger partial charge in [0.1, 0.15) is 0 Å². The SMILES string of the molecule is CCOC1CC(Nc2ccc3[nH]c(=O)[nH]c3c2)C1. The molecule has 1 aliphatic rings. The number of aromatic amines is 2. The van der Waals surface area contributed by atoms with E-state index in [0.29, 0.717) is 12.1 Å². The molecule has 3 N–H and O–H groups in total. The van der Waals surface area contributed by atoms with Gasteiger partial charge in [0.2, 0.25) is 0 Å². The Bertz CT molecular complexity index is 596. The Labute approximate surface area is 105 Å². The van der Waals surface area contributed by atoms with Gasteiger partial charge in [-0.3, -0.25) is 0 Å². The number of ether oxygens (including phenoxy) is 1. The Morgan fingerprint density at radius 1 is 1.33 bits per heavy atom. The third kappa shape index (κ3) is 2.13. The molecule has 0 saturated heterocycles. The number of anilines is 1. The summed E-state index contributed by atoms with van der Waals surface area (Å²) >= 11 is 0. The largest absolute Gasteiger partial charge is 0.382 e. The van der Waals surface area contributed by atoms with Crippen LogP contribution in [0.4, 0.5) is 5.69 Å². The molecule has 96 valence electrons. The quantitative estimate of drug-likeness (QED) is 0.772. The molecular formula is C13H17N3O2. The molecule has 1 saturated carbocycles. The van der Waals surface area contributed by atoms with Crippen LogP contribution in [0.15, 0.2) is 23.0 Å². The van der Waals surface area contributed by atoms with Gasteiger partial charge in [-0.25, -0.2) is 4.79 Å². The molecule has 1 aliphatic carbocycles. The molecule has 18 heavy (non-hydrogen) atoms. The van der Waals surface area contributed by atoms with Gasteiger partial charge in [0.05, 0.1) is 17.1 Å². The van der Waals surface area contributed by atoms with Crippen molar-refractivity contribution < 1.29 is 4.74 Å². The van der Waals surface area contributed by atoms with E-state index in [1.807, 2.05) is 25.1 Å². The second-order valence-electron chi connectivity index (χ2n) is 4.73. The number of benzene rings is 1. The summed E-state index contributed by atoms with van der Waals surface area (Å²) in [7, 11) is 0. The lowest BCUT2D eigenvalue weighted by molar-refractivity contribution is 0.00300. The lowest BCUT2D eigenvalue weighted by Crippen LogP contribution is -2.40. The van der Waals surface area contributed by atoms with Gasteiger partial charge in [-0.1, -0.05) is 0 Å². The molecule has 0 amide bonds. The summed E-state index contributed by atoms with van der Waals surface area (Å²) in [5, 5.41) is 3.45. The molecule has 0 aliphatic heterocycles. The normalized spacial score (nSPS) is 22.9. The molecule has 5 nitrogen and oxygen atoms in total. The van der Waals surface area contributed by atoms with E-state index in [9.17, 15) is 4.79 Å². The zero-order valence-electron chi connectivity index (χ0n) is 10.3. The van der Waals surface area contributed by atoms with Crippen molar-refractivity contribution in [3.63, 3.8) is 0 Å². The first-order chi connectivity index (χ1) is 8.74. The van der Waals surface area contributed by atoms with Crippen molar-refractivity contribution >= 4 is 16.7 Å². The second kappa shape index (κ2) is 4.49. The van der Waals surface area contributed by atoms with Gasteiger partial charge in [0.15, 0.2) is 0 Å². The average molecular weight is 247 g/mol. The number of aromatic nitrogens is 2. The number of nitrogens with one attached hydrogen (secondary N) is 3. The Hall–Kier alpha value is -1.75. The predicted octanol–water partition coefficient (Wildman–Crippen LogP) is 1.84. The predicted molar refractivity (Wildman–Crippen MR) is 71.0 cm³/mol. The van der Waals surface area contributed by atoms with E-state index in [2.05, 4.69) is 15.3 Å². The summed E-state index contributed by atoms with van der Waals surface area (Å²) in [6.07, 6.45) is 2.51. The smallest absolute Gasteiger partial charge is 0.323 e. The van der Waals surface area contributed by atoms with E-state index in [1.165, 1.54) is 0 Å². The van der Waals surface area contributed by atoms with Crippen molar-refractivity contribution in [3.8, 4) is 0 Å². The van der Waals surface area contributed by atoms with Crippen LogP contribution in [0.2, 0.25) is 0 Å². The van der Waals surface area contributed by atoms with Crippen LogP contribution in [0.5, 0.6) is 0 Å². The highest BCUT2D eigenvalue weighted by molar-refractivity contribution is 5.78. The van der Waals surface area contributed by atoms with Crippen LogP contribution >= 0.6 is 0 Å². The van der Waals surface area contributed by atoms with Gasteiger partial charge in [-0.2, -0.15) is 0 Å². The van der Waals surface area contributed by atoms with Crippen molar-refractivity contribution in [1.29, 1.82) is 0 Å². The van der Waals surface area contributed by atoms with Crippen LogP contribution in [-0.4, -0.2) is 28.7 Å². The zero-order chi connectivity index (χ0) is 12.5. The molecule has 0 bridgehead atoms. The number of H-pyrrole nitrogens is 2. The molecule has 1 aromatic heterocycles. The standard InChI is InChI=1S/C13H17N3O2/c1-2-18-10-5-9(6-10)14-8-3-4-11-12(7-8)16-13(17)15-11/h3-4,7,9-10,14H,2,5-6H2,1H3,(H2,15,16,17). The Morgan fingerprint density at radius 3 is 2.89 bits per heavy atom. The van der Waals surface area contributed by atoms with Crippen LogP contribution in [0, 0.1) is 0 Å². The maximum atomic E-state index is 11.2. The summed E-state index contributed by atoms with van der Waals surface area (Å²) in [5.41, 5.74) is 2.55. The van der Waals surface area contributed by atoms with Gasteiger partial charge in [0.25, 0.3) is 0 Å². The van der Waals surface area contributed by atoms with Gasteiger partial charge < -0.3 is 20.0 Å². The van der Waals surface area contributed by atoms with Crippen molar-refractivity contribution in [2.45, 2.75) is 31.9 Å². The lowest BCUT2D eigenvalue weighted by atomic mass is 9.89. The third-order valence-corrected chi connectivity index (χ3v) is 3.38. The first kappa shape index (κ1) is 11.3. The highest BCUT2D eigenvalue weighted by Crippen LogP contribution is 2.27. The second-order valence-corrected chi connectivity index (χ2v) is 4.73. The van der Waals surface area contributed by atoms with E-state index < -0.39 is 0 Å². The first-order valence-corrected chi connectivity index (χ1v) is 6.35. The zero-order valence-corrected chi connectivity index (χ0v) is 10.3. The molecule has 1 heterocycles. The minimum absolute atomic E-state index is 0.165. The molecule has 0 spiro atoms. The maximum Gasteiger partial charge on any atom is 0.323 e. The monoisotopic (exact) mass is 247 g/mol. The van der Waals surface area contributed by atoms with E-state index >= 15 is 0 Å². The first-order valence-electron chi connectivity index (χ1n) is 6.35. The third-order valence-electron chi connectivity index (χ3n) is 3.38. The maximum absolute atomic E-state index is 11.2. The highest BCUT2D eigenvalue weighted by Gasteiger charge is 2.29. The number of imidazole rings is 1. The Kier molecular flexibility index (Phi) is 2.83. The van der Waals surface area contributed by atoms with Crippen LogP contribution in [0.25, 0.3) is 11.0 Å². The molecular weight excluding hydrogens is 230 g/mol. The summed E-state index contributed by atoms with van der Waals surface area (Å²) in [4.78, 5) is 16.6. The van der Waals surface area contributed by atoms with Crippen molar-refractivity contribution in [1.82, 2.24) is 9.97 Å². The minimum atomic E-state index is -0.165. The summed E-state index contributed by atoms with van der Waals surface area (Å²) in [6, 6.07) is 6.33. The van der Waals surface area contributed by atoms with E-state index in [0.717, 1.165) is 36.2 Å². The molecule has 0 atom stereocenters. The minimum Gasteiger partial charge on any atom is -0.382 e. The summed E-state index contributed by atoms with van der Waals surface area (Å²) < 4.78 is 5.53. The average Bonchev–Trinajstić information content (AvgIpc) is 2.65. The van der Waals surface area contributed by atoms with Crippen molar-refractivity contribution in [2.75, 3.05) is 11.9 Å². The molecule has 1 fully saturated rings. The van der Waals surface area contributed by atoms with Gasteiger partial charge in [-0.05, 0) is 38.0 Å². The number of hydrogen-bond donors (Lipinski definition) is 3. The summed E-state index contributed by atoms with van der Waals surface area (Å²) in [5.74, 6) is 0. The van der Waals surface area contributed by atoms with E-state index in [1.54, 1.807) is 0 Å². The van der Waals surface area contributed by atoms with E-state index in [-0.39, 0.29) is 5.69 Å².